The largest absolute Gasteiger partial charge is 0.387 e. The molecule has 10 heteroatoms. The maximum Gasteiger partial charge on any atom is 0.245 e. The van der Waals surface area contributed by atoms with Gasteiger partial charge >= 0.3 is 0 Å². The molecule has 1 aromatic carbocycles. The minimum atomic E-state index is -0.815. The van der Waals surface area contributed by atoms with E-state index in [1.54, 1.807) is 28.9 Å². The number of piperidine rings is 1. The van der Waals surface area contributed by atoms with E-state index in [9.17, 15) is 14.7 Å². The summed E-state index contributed by atoms with van der Waals surface area (Å²) in [5.74, 6) is 0.949. The maximum atomic E-state index is 13.6. The third-order valence-corrected chi connectivity index (χ3v) is 7.91. The average molecular weight is 575 g/mol. The minimum Gasteiger partial charge on any atom is -0.387 e. The number of aliphatic hydroxyl groups excluding tert-OH is 1. The van der Waals surface area contributed by atoms with Gasteiger partial charge in [-0.25, -0.2) is 15.0 Å². The number of hydrogen-bond acceptors (Lipinski definition) is 7. The molecule has 2 aliphatic rings. The topological polar surface area (TPSA) is 114 Å². The molecule has 1 saturated heterocycles. The molecule has 1 saturated carbocycles. The van der Waals surface area contributed by atoms with Crippen LogP contribution in [0, 0.1) is 12.8 Å². The van der Waals surface area contributed by atoms with E-state index in [4.69, 9.17) is 0 Å². The summed E-state index contributed by atoms with van der Waals surface area (Å²) in [6.45, 7) is 3.49. The lowest BCUT2D eigenvalue weighted by molar-refractivity contribution is -0.139. The summed E-state index contributed by atoms with van der Waals surface area (Å²) in [6, 6.07) is 11.0. The van der Waals surface area contributed by atoms with Gasteiger partial charge in [0, 0.05) is 35.1 Å². The summed E-state index contributed by atoms with van der Waals surface area (Å²) < 4.78 is 2.32. The number of aliphatic hydroxyl groups is 1. The number of fused-ring (bicyclic) bond motifs is 2. The molecular weight excluding hydrogens is 548 g/mol. The molecule has 0 spiro atoms. The molecule has 1 unspecified atom stereocenters. The van der Waals surface area contributed by atoms with Crippen LogP contribution in [0.3, 0.4) is 0 Å². The zero-order valence-electron chi connectivity index (χ0n) is 21.1. The number of likely N-dealkylation sites (tertiary alicyclic amines) is 1. The first-order chi connectivity index (χ1) is 18.3. The Morgan fingerprint density at radius 1 is 1.13 bits per heavy atom. The predicted molar refractivity (Wildman–Crippen MR) is 144 cm³/mol. The van der Waals surface area contributed by atoms with Crippen LogP contribution in [0.25, 0.3) is 22.0 Å². The van der Waals surface area contributed by atoms with Crippen LogP contribution in [0.5, 0.6) is 0 Å². The van der Waals surface area contributed by atoms with Crippen molar-refractivity contribution >= 4 is 38.5 Å². The molecule has 4 aromatic rings. The van der Waals surface area contributed by atoms with E-state index in [0.717, 1.165) is 28.5 Å². The zero-order valence-corrected chi connectivity index (χ0v) is 22.7. The molecule has 3 aromatic heterocycles. The smallest absolute Gasteiger partial charge is 0.245 e. The summed E-state index contributed by atoms with van der Waals surface area (Å²) in [4.78, 5) is 41.6. The van der Waals surface area contributed by atoms with Crippen LogP contribution in [0.4, 0.5) is 0 Å². The Balaban J connectivity index is 1.26. The van der Waals surface area contributed by atoms with Crippen LogP contribution in [0.1, 0.15) is 43.1 Å². The highest BCUT2D eigenvalue weighted by atomic mass is 79.9. The highest BCUT2D eigenvalue weighted by Gasteiger charge is 2.55. The Bertz CT molecular complexity index is 1550. The van der Waals surface area contributed by atoms with Crippen molar-refractivity contribution in [3.63, 3.8) is 0 Å². The number of nitrogens with zero attached hydrogens (tertiary/aromatic N) is 6. The third kappa shape index (κ3) is 4.63. The zero-order chi connectivity index (χ0) is 26.6. The Hall–Kier alpha value is -3.50. The molecule has 1 aliphatic heterocycles. The van der Waals surface area contributed by atoms with Crippen molar-refractivity contribution in [1.82, 2.24) is 29.6 Å². The maximum absolute atomic E-state index is 13.6. The van der Waals surface area contributed by atoms with Gasteiger partial charge in [-0.1, -0.05) is 12.1 Å². The van der Waals surface area contributed by atoms with E-state index in [0.29, 0.717) is 34.2 Å². The second-order valence-corrected chi connectivity index (χ2v) is 11.0. The van der Waals surface area contributed by atoms with Crippen molar-refractivity contribution in [2.45, 2.75) is 57.8 Å². The highest BCUT2D eigenvalue weighted by Crippen LogP contribution is 2.48. The molecule has 1 aliphatic carbocycles. The van der Waals surface area contributed by atoms with Crippen LogP contribution >= 0.6 is 15.9 Å². The number of benzene rings is 1. The van der Waals surface area contributed by atoms with Crippen molar-refractivity contribution in [2.75, 3.05) is 0 Å². The first-order valence-corrected chi connectivity index (χ1v) is 13.5. The number of pyridine rings is 1. The van der Waals surface area contributed by atoms with Crippen LogP contribution < -0.4 is 0 Å². The third-order valence-electron chi connectivity index (χ3n) is 7.47. The molecule has 2 fully saturated rings. The molecule has 4 heterocycles. The van der Waals surface area contributed by atoms with Gasteiger partial charge in [-0.05, 0) is 78.4 Å². The van der Waals surface area contributed by atoms with E-state index in [2.05, 4.69) is 36.0 Å². The number of halogens is 1. The number of aromatic nitrogens is 5. The summed E-state index contributed by atoms with van der Waals surface area (Å²) in [6.07, 6.45) is 4.54. The number of carbonyl (C=O) groups is 2. The Kier molecular flexibility index (Phi) is 6.31. The van der Waals surface area contributed by atoms with Gasteiger partial charge < -0.3 is 10.0 Å². The van der Waals surface area contributed by atoms with Gasteiger partial charge in [0.1, 0.15) is 17.0 Å². The van der Waals surface area contributed by atoms with Gasteiger partial charge in [0.15, 0.2) is 5.78 Å². The minimum absolute atomic E-state index is 0.00164. The number of Topliss-reactive ketones (excluding diaryl/α,β-unsaturated/α-hetero) is 1. The summed E-state index contributed by atoms with van der Waals surface area (Å²) >= 11 is 3.36. The van der Waals surface area contributed by atoms with E-state index in [1.807, 2.05) is 43.3 Å². The highest BCUT2D eigenvalue weighted by molar-refractivity contribution is 9.10. The standard InChI is InChI=1S/C28H27BrN6O3/c1-15(36)28-21-8-17(19-12-30-16(2)31-13-19)6-7-22(21)34(33-28)14-27(38)35-23-9-18(23)10-24(35)25(37)11-20-4-3-5-26(29)32-20/h3-8,12-13,15,18,23-24,36H,9-11,14H2,1-2H3/t15?,18-,23-,24+/m1/s1. The molecule has 1 N–H and O–H groups in total. The monoisotopic (exact) mass is 574 g/mol. The van der Waals surface area contributed by atoms with Gasteiger partial charge in [0.2, 0.25) is 5.91 Å². The lowest BCUT2D eigenvalue weighted by atomic mass is 10.0. The second kappa shape index (κ2) is 9.67. The normalized spacial score (nSPS) is 20.9. The van der Waals surface area contributed by atoms with Crippen LogP contribution in [-0.2, 0) is 22.6 Å². The van der Waals surface area contributed by atoms with Crippen molar-refractivity contribution in [1.29, 1.82) is 0 Å². The Morgan fingerprint density at radius 3 is 2.66 bits per heavy atom. The summed E-state index contributed by atoms with van der Waals surface area (Å²) in [5, 5.41) is 15.8. The van der Waals surface area contributed by atoms with E-state index in [-0.39, 0.29) is 30.7 Å². The first kappa shape index (κ1) is 24.8. The number of aryl methyl sites for hydroxylation is 1. The van der Waals surface area contributed by atoms with Crippen molar-refractivity contribution < 1.29 is 14.7 Å². The molecule has 1 amide bonds. The first-order valence-electron chi connectivity index (χ1n) is 12.7. The van der Waals surface area contributed by atoms with E-state index < -0.39 is 12.1 Å². The van der Waals surface area contributed by atoms with Crippen LogP contribution in [0.2, 0.25) is 0 Å². The summed E-state index contributed by atoms with van der Waals surface area (Å²) in [5.41, 5.74) is 3.70. The fraction of sp³-hybridized carbons (Fsp3) is 0.357. The fourth-order valence-electron chi connectivity index (χ4n) is 5.51. The molecule has 9 nitrogen and oxygen atoms in total. The van der Waals surface area contributed by atoms with E-state index in [1.165, 1.54) is 0 Å². The number of carbonyl (C=O) groups excluding carboxylic acids is 2. The van der Waals surface area contributed by atoms with Gasteiger partial charge in [-0.2, -0.15) is 5.10 Å². The quantitative estimate of drug-likeness (QED) is 0.334. The molecule has 4 atom stereocenters. The lowest BCUT2D eigenvalue weighted by Crippen LogP contribution is -2.45. The number of amides is 1. The molecule has 0 radical (unpaired) electrons. The SMILES string of the molecule is Cc1ncc(-c2ccc3c(c2)c(C(C)O)nn3CC(=O)N2[C@@H]3C[C@@H]3C[C@H]2C(=O)Cc2cccc(Br)n2)cn1. The molecular formula is C28H27BrN6O3. The number of ketones is 1. The fourth-order valence-corrected chi connectivity index (χ4v) is 5.89. The average Bonchev–Trinajstić information content (AvgIpc) is 3.39. The molecule has 0 bridgehead atoms. The van der Waals surface area contributed by atoms with Gasteiger partial charge in [-0.3, -0.25) is 14.3 Å². The van der Waals surface area contributed by atoms with Gasteiger partial charge in [-0.15, -0.1) is 0 Å². The number of hydrogen-bond donors (Lipinski definition) is 1. The predicted octanol–water partition coefficient (Wildman–Crippen LogP) is 3.81. The molecule has 194 valence electrons. The van der Waals surface area contributed by atoms with Crippen LogP contribution in [0.15, 0.2) is 53.4 Å². The molecule has 38 heavy (non-hydrogen) atoms. The van der Waals surface area contributed by atoms with Crippen molar-refractivity contribution in [2.24, 2.45) is 5.92 Å². The second-order valence-electron chi connectivity index (χ2n) is 10.2. The van der Waals surface area contributed by atoms with E-state index >= 15 is 0 Å². The van der Waals surface area contributed by atoms with Crippen molar-refractivity contribution in [3.8, 4) is 11.1 Å². The van der Waals surface area contributed by atoms with Gasteiger partial charge in [0.05, 0.1) is 29.8 Å². The number of rotatable bonds is 7. The van der Waals surface area contributed by atoms with Crippen LogP contribution in [-0.4, -0.2) is 58.5 Å². The Morgan fingerprint density at radius 2 is 1.92 bits per heavy atom. The Labute approximate surface area is 228 Å². The van der Waals surface area contributed by atoms with Crippen molar-refractivity contribution in [3.05, 3.63) is 70.6 Å². The molecule has 6 rings (SSSR count). The summed E-state index contributed by atoms with van der Waals surface area (Å²) in [7, 11) is 0. The van der Waals surface area contributed by atoms with Gasteiger partial charge in [0.25, 0.3) is 0 Å². The lowest BCUT2D eigenvalue weighted by Gasteiger charge is -2.27.